The van der Waals surface area contributed by atoms with E-state index in [1.54, 1.807) is 12.1 Å². The number of likely N-dealkylation sites (N-methyl/N-ethyl adjacent to an activating group) is 1. The molecule has 0 saturated heterocycles. The SMILES string of the molecule is CN1CCc2ccc(NC(=O)[C@@H](CCCC(=O)O)NC(=O)Oc3ccc(Cl)s3)cc2CC1. The molecule has 172 valence electrons. The first kappa shape index (κ1) is 24.0. The molecule has 1 aliphatic heterocycles. The number of halogens is 1. The number of aliphatic carboxylic acids is 1. The fourth-order valence-corrected chi connectivity index (χ4v) is 4.36. The molecule has 10 heteroatoms. The lowest BCUT2D eigenvalue weighted by atomic mass is 10.0. The average Bonchev–Trinajstić information content (AvgIpc) is 3.04. The van der Waals surface area contributed by atoms with E-state index in [9.17, 15) is 14.4 Å². The van der Waals surface area contributed by atoms with Gasteiger partial charge in [0.15, 0.2) is 5.06 Å². The number of nitrogens with one attached hydrogen (secondary N) is 2. The van der Waals surface area contributed by atoms with Gasteiger partial charge in [0.2, 0.25) is 5.91 Å². The van der Waals surface area contributed by atoms with Gasteiger partial charge in [-0.05, 0) is 68.1 Å². The number of carboxylic acid groups (broad SMARTS) is 1. The Bertz CT molecular complexity index is 980. The molecule has 0 radical (unpaired) electrons. The van der Waals surface area contributed by atoms with Crippen molar-refractivity contribution in [1.29, 1.82) is 0 Å². The Morgan fingerprint density at radius 2 is 1.94 bits per heavy atom. The van der Waals surface area contributed by atoms with Gasteiger partial charge in [-0.3, -0.25) is 9.59 Å². The van der Waals surface area contributed by atoms with Crippen LogP contribution in [0.3, 0.4) is 0 Å². The highest BCUT2D eigenvalue weighted by Crippen LogP contribution is 2.28. The maximum Gasteiger partial charge on any atom is 0.414 e. The van der Waals surface area contributed by atoms with Crippen LogP contribution in [0, 0.1) is 0 Å². The number of benzene rings is 1. The Kier molecular flexibility index (Phi) is 8.49. The van der Waals surface area contributed by atoms with Crippen LogP contribution < -0.4 is 15.4 Å². The third kappa shape index (κ3) is 7.22. The zero-order valence-electron chi connectivity index (χ0n) is 17.7. The highest BCUT2D eigenvalue weighted by Gasteiger charge is 2.23. The summed E-state index contributed by atoms with van der Waals surface area (Å²) in [6.07, 6.45) is 1.34. The van der Waals surface area contributed by atoms with Crippen molar-refractivity contribution in [3.63, 3.8) is 0 Å². The number of carbonyl (C=O) groups is 3. The molecule has 0 fully saturated rings. The summed E-state index contributed by atoms with van der Waals surface area (Å²) in [5.41, 5.74) is 3.10. The van der Waals surface area contributed by atoms with Gasteiger partial charge in [0.25, 0.3) is 0 Å². The summed E-state index contributed by atoms with van der Waals surface area (Å²) in [6.45, 7) is 1.94. The van der Waals surface area contributed by atoms with E-state index in [0.717, 1.165) is 37.3 Å². The first-order chi connectivity index (χ1) is 15.3. The van der Waals surface area contributed by atoms with Gasteiger partial charge in [-0.15, -0.1) is 0 Å². The molecule has 2 amide bonds. The number of rotatable bonds is 8. The first-order valence-corrected chi connectivity index (χ1v) is 11.6. The van der Waals surface area contributed by atoms with Gasteiger partial charge in [0.1, 0.15) is 6.04 Å². The van der Waals surface area contributed by atoms with Gasteiger partial charge in [-0.2, -0.15) is 0 Å². The largest absolute Gasteiger partial charge is 0.481 e. The topological polar surface area (TPSA) is 108 Å². The molecule has 0 bridgehead atoms. The smallest absolute Gasteiger partial charge is 0.414 e. The zero-order valence-corrected chi connectivity index (χ0v) is 19.3. The van der Waals surface area contributed by atoms with Crippen molar-refractivity contribution in [2.75, 3.05) is 25.5 Å². The van der Waals surface area contributed by atoms with Crippen LogP contribution in [0.15, 0.2) is 30.3 Å². The number of amides is 2. The van der Waals surface area contributed by atoms with Crippen molar-refractivity contribution in [3.05, 3.63) is 45.8 Å². The highest BCUT2D eigenvalue weighted by molar-refractivity contribution is 7.17. The van der Waals surface area contributed by atoms with Gasteiger partial charge in [-0.25, -0.2) is 4.79 Å². The lowest BCUT2D eigenvalue weighted by molar-refractivity contribution is -0.137. The van der Waals surface area contributed by atoms with Crippen LogP contribution in [0.25, 0.3) is 0 Å². The summed E-state index contributed by atoms with van der Waals surface area (Å²) in [4.78, 5) is 38.3. The number of nitrogens with zero attached hydrogens (tertiary/aromatic N) is 1. The number of fused-ring (bicyclic) bond motifs is 1. The van der Waals surface area contributed by atoms with Gasteiger partial charge >= 0.3 is 12.1 Å². The molecule has 1 aromatic heterocycles. The summed E-state index contributed by atoms with van der Waals surface area (Å²) in [5.74, 6) is -1.39. The minimum atomic E-state index is -0.962. The maximum absolute atomic E-state index is 12.9. The van der Waals surface area contributed by atoms with Gasteiger partial charge in [-0.1, -0.05) is 29.0 Å². The van der Waals surface area contributed by atoms with E-state index in [1.165, 1.54) is 11.1 Å². The quantitative estimate of drug-likeness (QED) is 0.531. The Hall–Kier alpha value is -2.62. The minimum Gasteiger partial charge on any atom is -0.481 e. The number of hydrogen-bond donors (Lipinski definition) is 3. The minimum absolute atomic E-state index is 0.104. The molecule has 1 aromatic carbocycles. The summed E-state index contributed by atoms with van der Waals surface area (Å²) < 4.78 is 5.65. The van der Waals surface area contributed by atoms with E-state index in [1.807, 2.05) is 18.2 Å². The van der Waals surface area contributed by atoms with Crippen molar-refractivity contribution < 1.29 is 24.2 Å². The second kappa shape index (κ2) is 11.3. The second-order valence-corrected chi connectivity index (χ2v) is 9.38. The fourth-order valence-electron chi connectivity index (χ4n) is 3.49. The molecular formula is C22H26ClN3O5S. The molecule has 3 rings (SSSR count). The van der Waals surface area contributed by atoms with E-state index in [-0.39, 0.29) is 19.3 Å². The van der Waals surface area contributed by atoms with Crippen LogP contribution >= 0.6 is 22.9 Å². The van der Waals surface area contributed by atoms with E-state index in [4.69, 9.17) is 21.4 Å². The van der Waals surface area contributed by atoms with Gasteiger partial charge in [0.05, 0.1) is 4.34 Å². The van der Waals surface area contributed by atoms with Crippen molar-refractivity contribution in [1.82, 2.24) is 10.2 Å². The average molecular weight is 480 g/mol. The van der Waals surface area contributed by atoms with E-state index < -0.39 is 24.0 Å². The van der Waals surface area contributed by atoms with Crippen LogP contribution in [0.2, 0.25) is 4.34 Å². The van der Waals surface area contributed by atoms with Crippen molar-refractivity contribution >= 4 is 46.6 Å². The lowest BCUT2D eigenvalue weighted by Crippen LogP contribution is -2.45. The van der Waals surface area contributed by atoms with Crippen LogP contribution in [-0.4, -0.2) is 54.2 Å². The van der Waals surface area contributed by atoms with E-state index in [2.05, 4.69) is 22.6 Å². The van der Waals surface area contributed by atoms with Crippen LogP contribution in [-0.2, 0) is 22.4 Å². The fraction of sp³-hybridized carbons (Fsp3) is 0.409. The second-order valence-electron chi connectivity index (χ2n) is 7.71. The van der Waals surface area contributed by atoms with Gasteiger partial charge in [0, 0.05) is 25.2 Å². The predicted molar refractivity (Wildman–Crippen MR) is 124 cm³/mol. The number of carbonyl (C=O) groups excluding carboxylic acids is 2. The Balaban J connectivity index is 1.66. The number of carboxylic acids is 1. The normalized spacial score (nSPS) is 14.7. The summed E-state index contributed by atoms with van der Waals surface area (Å²) in [6, 6.07) is 8.05. The number of hydrogen-bond acceptors (Lipinski definition) is 6. The van der Waals surface area contributed by atoms with E-state index in [0.29, 0.717) is 15.1 Å². The number of anilines is 1. The molecule has 1 aliphatic rings. The standard InChI is InChI=1S/C22H26ClN3O5S/c1-26-11-9-14-5-6-16(13-15(14)10-12-26)24-21(29)17(3-2-4-19(27)28)25-22(30)31-20-8-7-18(23)32-20/h5-8,13,17H,2-4,9-12H2,1H3,(H,24,29)(H,25,30)(H,27,28)/t17-/m1/s1. The third-order valence-electron chi connectivity index (χ3n) is 5.23. The molecule has 0 spiro atoms. The van der Waals surface area contributed by atoms with Crippen LogP contribution in [0.1, 0.15) is 30.4 Å². The molecule has 8 nitrogen and oxygen atoms in total. The zero-order chi connectivity index (χ0) is 23.1. The maximum atomic E-state index is 12.9. The van der Waals surface area contributed by atoms with Crippen molar-refractivity contribution in [3.8, 4) is 5.06 Å². The Morgan fingerprint density at radius 1 is 1.19 bits per heavy atom. The Labute approximate surface area is 195 Å². The highest BCUT2D eigenvalue weighted by atomic mass is 35.5. The molecule has 0 aliphatic carbocycles. The van der Waals surface area contributed by atoms with Crippen molar-refractivity contribution in [2.24, 2.45) is 0 Å². The monoisotopic (exact) mass is 479 g/mol. The molecule has 0 saturated carbocycles. The molecule has 3 N–H and O–H groups in total. The third-order valence-corrected chi connectivity index (χ3v) is 6.34. The Morgan fingerprint density at radius 3 is 2.62 bits per heavy atom. The summed E-state index contributed by atoms with van der Waals surface area (Å²) in [5, 5.41) is 14.6. The molecule has 0 unspecified atom stereocenters. The number of ether oxygens (including phenoxy) is 1. The first-order valence-electron chi connectivity index (χ1n) is 10.4. The predicted octanol–water partition coefficient (Wildman–Crippen LogP) is 3.78. The lowest BCUT2D eigenvalue weighted by Gasteiger charge is -2.18. The van der Waals surface area contributed by atoms with Crippen LogP contribution in [0.4, 0.5) is 10.5 Å². The molecular weight excluding hydrogens is 454 g/mol. The molecule has 2 heterocycles. The summed E-state index contributed by atoms with van der Waals surface area (Å²) in [7, 11) is 2.09. The van der Waals surface area contributed by atoms with Gasteiger partial charge < -0.3 is 25.4 Å². The number of thiophene rings is 1. The molecule has 2 aromatic rings. The molecule has 32 heavy (non-hydrogen) atoms. The van der Waals surface area contributed by atoms with Crippen molar-refractivity contribution in [2.45, 2.75) is 38.1 Å². The summed E-state index contributed by atoms with van der Waals surface area (Å²) >= 11 is 6.93. The van der Waals surface area contributed by atoms with E-state index >= 15 is 0 Å². The molecule has 1 atom stereocenters. The van der Waals surface area contributed by atoms with Crippen LogP contribution in [0.5, 0.6) is 5.06 Å².